The number of carbonyl (C=O) groups is 4. The van der Waals surface area contributed by atoms with Crippen molar-refractivity contribution in [2.75, 3.05) is 19.6 Å². The summed E-state index contributed by atoms with van der Waals surface area (Å²) in [5.74, 6) is -1.82. The average Bonchev–Trinajstić information content (AvgIpc) is 3.24. The summed E-state index contributed by atoms with van der Waals surface area (Å²) < 4.78 is 43.8. The van der Waals surface area contributed by atoms with Crippen LogP contribution in [0.25, 0.3) is 0 Å². The largest absolute Gasteiger partial charge is 0.446 e. The molecule has 0 aromatic heterocycles. The molecule has 2 aliphatic heterocycles. The van der Waals surface area contributed by atoms with Gasteiger partial charge in [-0.25, -0.2) is 9.59 Å². The quantitative estimate of drug-likeness (QED) is 0.224. The fourth-order valence-corrected chi connectivity index (χ4v) is 6.43. The molecule has 2 saturated heterocycles. The van der Waals surface area contributed by atoms with E-state index < -0.39 is 51.2 Å². The summed E-state index contributed by atoms with van der Waals surface area (Å²) >= 11 is 0. The predicted molar refractivity (Wildman–Crippen MR) is 151 cm³/mol. The van der Waals surface area contributed by atoms with Crippen molar-refractivity contribution in [1.29, 1.82) is 0 Å². The predicted octanol–water partition coefficient (Wildman–Crippen LogP) is 1.52. The molecule has 14 nitrogen and oxygen atoms in total. The van der Waals surface area contributed by atoms with Crippen molar-refractivity contribution in [3.63, 3.8) is 0 Å². The van der Waals surface area contributed by atoms with E-state index in [2.05, 4.69) is 16.0 Å². The van der Waals surface area contributed by atoms with Crippen LogP contribution in [0.3, 0.4) is 0 Å². The second kappa shape index (κ2) is 13.3. The molecule has 0 radical (unpaired) electrons. The Morgan fingerprint density at radius 3 is 2.26 bits per heavy atom. The molecule has 15 heteroatoms. The number of rotatable bonds is 10. The summed E-state index contributed by atoms with van der Waals surface area (Å²) in [6.45, 7) is 10.6. The van der Waals surface area contributed by atoms with Crippen LogP contribution in [0.4, 0.5) is 9.59 Å². The van der Waals surface area contributed by atoms with Crippen LogP contribution in [0.5, 0.6) is 0 Å². The molecule has 0 aromatic carbocycles. The number of nitrogens with one attached hydrogen (secondary N) is 3. The molecule has 1 saturated carbocycles. The number of nitrogens with zero attached hydrogens (tertiary/aromatic N) is 1. The number of aliphatic hydroxyl groups is 1. The Balaban J connectivity index is 1.54. The van der Waals surface area contributed by atoms with Crippen molar-refractivity contribution in [3.05, 3.63) is 0 Å². The lowest BCUT2D eigenvalue weighted by atomic mass is 9.61. The molecule has 2 heterocycles. The highest BCUT2D eigenvalue weighted by Crippen LogP contribution is 2.50. The van der Waals surface area contributed by atoms with E-state index in [1.807, 2.05) is 34.6 Å². The maximum Gasteiger partial charge on any atom is 0.410 e. The average molecular weight is 619 g/mol. The molecular weight excluding hydrogens is 572 g/mol. The molecule has 1 aliphatic carbocycles. The van der Waals surface area contributed by atoms with Crippen LogP contribution in [0.1, 0.15) is 79.6 Å². The second-order valence-corrected chi connectivity index (χ2v) is 14.8. The van der Waals surface area contributed by atoms with Crippen molar-refractivity contribution < 1.29 is 46.7 Å². The Labute approximate surface area is 247 Å². The molecule has 240 valence electrons. The second-order valence-electron chi connectivity index (χ2n) is 13.3. The van der Waals surface area contributed by atoms with E-state index >= 15 is 0 Å². The summed E-state index contributed by atoms with van der Waals surface area (Å²) in [5.41, 5.74) is -2.94. The summed E-state index contributed by atoms with van der Waals surface area (Å²) in [6.07, 6.45) is 1.67. The van der Waals surface area contributed by atoms with E-state index in [4.69, 9.17) is 9.47 Å². The van der Waals surface area contributed by atoms with Gasteiger partial charge in [0.1, 0.15) is 17.7 Å². The van der Waals surface area contributed by atoms with Crippen LogP contribution < -0.4 is 16.0 Å². The number of carbonyl (C=O) groups excluding carboxylic acids is 4. The molecule has 3 rings (SSSR count). The van der Waals surface area contributed by atoms with Crippen LogP contribution in [0.2, 0.25) is 0 Å². The number of likely N-dealkylation sites (tertiary alicyclic amines) is 1. The van der Waals surface area contributed by atoms with Crippen LogP contribution in [-0.2, 0) is 29.2 Å². The lowest BCUT2D eigenvalue weighted by Crippen LogP contribution is -2.56. The zero-order valence-corrected chi connectivity index (χ0v) is 25.9. The third-order valence-corrected chi connectivity index (χ3v) is 9.00. The lowest BCUT2D eigenvalue weighted by Gasteiger charge is -2.51. The van der Waals surface area contributed by atoms with Gasteiger partial charge in [-0.15, -0.1) is 0 Å². The van der Waals surface area contributed by atoms with E-state index in [9.17, 15) is 37.3 Å². The SMILES string of the molecule is CC(C)C[C@H](NC(=O)OC1CC2(CCN(C(=O)OC(C)(C)C)CC2)C1)C(=O)N[C@@H](C[C@H]1CCNC1=O)C(O)S(=O)(=O)O. The van der Waals surface area contributed by atoms with Gasteiger partial charge in [-0.3, -0.25) is 14.1 Å². The number of alkyl carbamates (subject to hydrolysis) is 1. The molecule has 42 heavy (non-hydrogen) atoms. The number of hydrogen-bond donors (Lipinski definition) is 5. The Hall–Kier alpha value is -2.65. The fourth-order valence-electron chi connectivity index (χ4n) is 5.83. The molecule has 3 fully saturated rings. The minimum absolute atomic E-state index is 0.0240. The molecule has 0 aromatic rings. The van der Waals surface area contributed by atoms with E-state index in [0.717, 1.165) is 12.8 Å². The first-order chi connectivity index (χ1) is 19.4. The summed E-state index contributed by atoms with van der Waals surface area (Å²) in [4.78, 5) is 52.0. The topological polar surface area (TPSA) is 201 Å². The van der Waals surface area contributed by atoms with Crippen LogP contribution >= 0.6 is 0 Å². The fraction of sp³-hybridized carbons (Fsp3) is 0.852. The molecule has 4 amide bonds. The third kappa shape index (κ3) is 9.43. The zero-order chi connectivity index (χ0) is 31.5. The van der Waals surface area contributed by atoms with Gasteiger partial charge in [-0.2, -0.15) is 8.42 Å². The summed E-state index contributed by atoms with van der Waals surface area (Å²) in [7, 11) is -4.95. The molecular formula is C27H46N4O10S. The maximum atomic E-state index is 13.2. The van der Waals surface area contributed by atoms with Crippen LogP contribution in [0, 0.1) is 17.3 Å². The van der Waals surface area contributed by atoms with Gasteiger partial charge in [-0.05, 0) is 77.0 Å². The van der Waals surface area contributed by atoms with Gasteiger partial charge in [0.2, 0.25) is 17.3 Å². The Bertz CT molecular complexity index is 1110. The van der Waals surface area contributed by atoms with Crippen molar-refractivity contribution in [1.82, 2.24) is 20.9 Å². The van der Waals surface area contributed by atoms with Gasteiger partial charge in [0, 0.05) is 25.6 Å². The lowest BCUT2D eigenvalue weighted by molar-refractivity contribution is -0.126. The Morgan fingerprint density at radius 1 is 1.14 bits per heavy atom. The van der Waals surface area contributed by atoms with Gasteiger partial charge in [0.25, 0.3) is 10.1 Å². The molecule has 4 atom stereocenters. The number of piperidine rings is 1. The first kappa shape index (κ1) is 33.8. The van der Waals surface area contributed by atoms with E-state index in [-0.39, 0.29) is 42.3 Å². The summed E-state index contributed by atoms with van der Waals surface area (Å²) in [6, 6.07) is -2.59. The van der Waals surface area contributed by atoms with Crippen molar-refractivity contribution in [3.8, 4) is 0 Å². The van der Waals surface area contributed by atoms with Gasteiger partial charge < -0.3 is 35.4 Å². The van der Waals surface area contributed by atoms with E-state index in [0.29, 0.717) is 38.9 Å². The smallest absolute Gasteiger partial charge is 0.410 e. The highest BCUT2D eigenvalue weighted by Gasteiger charge is 2.48. The number of ether oxygens (including phenoxy) is 2. The highest BCUT2D eigenvalue weighted by molar-refractivity contribution is 7.86. The van der Waals surface area contributed by atoms with E-state index in [1.165, 1.54) is 0 Å². The molecule has 1 spiro atoms. The normalized spacial score (nSPS) is 23.0. The number of aliphatic hydroxyl groups excluding tert-OH is 1. The van der Waals surface area contributed by atoms with Gasteiger partial charge in [0.15, 0.2) is 0 Å². The first-order valence-corrected chi connectivity index (χ1v) is 16.1. The Kier molecular flexibility index (Phi) is 10.7. The van der Waals surface area contributed by atoms with Crippen molar-refractivity contribution in [2.45, 2.75) is 109 Å². The van der Waals surface area contributed by atoms with Crippen molar-refractivity contribution in [2.24, 2.45) is 17.3 Å². The number of amides is 4. The minimum Gasteiger partial charge on any atom is -0.446 e. The monoisotopic (exact) mass is 618 g/mol. The molecule has 0 bridgehead atoms. The van der Waals surface area contributed by atoms with Gasteiger partial charge in [-0.1, -0.05) is 13.8 Å². The molecule has 1 unspecified atom stereocenters. The third-order valence-electron chi connectivity index (χ3n) is 8.06. The van der Waals surface area contributed by atoms with Crippen LogP contribution in [-0.4, -0.2) is 95.8 Å². The van der Waals surface area contributed by atoms with Gasteiger partial charge in [0.05, 0.1) is 6.04 Å². The maximum absolute atomic E-state index is 13.2. The molecule has 5 N–H and O–H groups in total. The van der Waals surface area contributed by atoms with Crippen molar-refractivity contribution >= 4 is 34.1 Å². The Morgan fingerprint density at radius 2 is 1.76 bits per heavy atom. The summed E-state index contributed by atoms with van der Waals surface area (Å²) in [5, 5.41) is 17.8. The zero-order valence-electron chi connectivity index (χ0n) is 25.1. The minimum atomic E-state index is -4.95. The van der Waals surface area contributed by atoms with E-state index in [1.54, 1.807) is 4.90 Å². The highest BCUT2D eigenvalue weighted by atomic mass is 32.2. The van der Waals surface area contributed by atoms with Crippen LogP contribution in [0.15, 0.2) is 0 Å². The van der Waals surface area contributed by atoms with Gasteiger partial charge >= 0.3 is 12.2 Å². The first-order valence-electron chi connectivity index (χ1n) is 14.5. The molecule has 3 aliphatic rings. The number of hydrogen-bond acceptors (Lipinski definition) is 9. The standard InChI is InChI=1S/C27H46N4O10S/c1-16(2)12-19(22(33)29-20(23(34)42(37,38)39)13-17-6-9-28-21(17)32)30-24(35)40-18-14-27(15-18)7-10-31(11-8-27)25(36)41-26(3,4)5/h16-20,23,34H,6-15H2,1-5H3,(H,28,32)(H,29,33)(H,30,35)(H,37,38,39)/t17-,19+,20+,23?/m1/s1.